The summed E-state index contributed by atoms with van der Waals surface area (Å²) in [5, 5.41) is 13.8. The number of methoxy groups -OCH3 is 1. The van der Waals surface area contributed by atoms with Gasteiger partial charge in [-0.25, -0.2) is 9.50 Å². The van der Waals surface area contributed by atoms with Crippen molar-refractivity contribution in [3.05, 3.63) is 58.5 Å². The molecule has 0 bridgehead atoms. The van der Waals surface area contributed by atoms with Crippen LogP contribution < -0.4 is 4.74 Å². The third kappa shape index (κ3) is 3.63. The lowest BCUT2D eigenvalue weighted by atomic mass is 10.1. The third-order valence-electron chi connectivity index (χ3n) is 4.04. The fourth-order valence-electron chi connectivity index (χ4n) is 2.73. The van der Waals surface area contributed by atoms with Crippen LogP contribution in [0.2, 0.25) is 5.02 Å². The van der Waals surface area contributed by atoms with Crippen molar-refractivity contribution in [2.45, 2.75) is 13.0 Å². The van der Waals surface area contributed by atoms with E-state index in [0.717, 1.165) is 11.1 Å². The Balaban J connectivity index is 1.85. The van der Waals surface area contributed by atoms with Crippen LogP contribution in [-0.2, 0) is 13.0 Å². The second-order valence-electron chi connectivity index (χ2n) is 5.88. The van der Waals surface area contributed by atoms with Crippen molar-refractivity contribution in [3.63, 3.8) is 0 Å². The first-order chi connectivity index (χ1) is 12.5. The van der Waals surface area contributed by atoms with Gasteiger partial charge in [0.1, 0.15) is 11.3 Å². The Labute approximate surface area is 155 Å². The van der Waals surface area contributed by atoms with Crippen molar-refractivity contribution in [2.24, 2.45) is 0 Å². The third-order valence-corrected chi connectivity index (χ3v) is 4.27. The number of nitrogens with zero attached hydrogens (tertiary/aromatic N) is 4. The number of aliphatic hydroxyl groups is 1. The molecule has 1 amide bonds. The first-order valence-electron chi connectivity index (χ1n) is 8.04. The number of rotatable bonds is 6. The van der Waals surface area contributed by atoms with Gasteiger partial charge in [-0.05, 0) is 30.2 Å². The summed E-state index contributed by atoms with van der Waals surface area (Å²) in [6.45, 7) is 0.368. The van der Waals surface area contributed by atoms with Gasteiger partial charge in [0.2, 0.25) is 0 Å². The number of carbonyl (C=O) groups is 1. The van der Waals surface area contributed by atoms with E-state index in [1.54, 1.807) is 54.2 Å². The maximum Gasteiger partial charge on any atom is 0.259 e. The number of halogens is 1. The molecule has 1 aromatic carbocycles. The fraction of sp³-hybridized carbons (Fsp3) is 0.278. The van der Waals surface area contributed by atoms with Gasteiger partial charge < -0.3 is 14.7 Å². The lowest BCUT2D eigenvalue weighted by Gasteiger charge is -2.18. The van der Waals surface area contributed by atoms with Crippen LogP contribution in [0, 0.1) is 0 Å². The summed E-state index contributed by atoms with van der Waals surface area (Å²) in [6.07, 6.45) is 5.39. The molecule has 26 heavy (non-hydrogen) atoms. The fourth-order valence-corrected chi connectivity index (χ4v) is 2.92. The van der Waals surface area contributed by atoms with Gasteiger partial charge in [0.05, 0.1) is 13.3 Å². The van der Waals surface area contributed by atoms with Crippen LogP contribution in [0.1, 0.15) is 21.5 Å². The Kier molecular flexibility index (Phi) is 5.39. The molecule has 0 saturated heterocycles. The van der Waals surface area contributed by atoms with Gasteiger partial charge in [-0.15, -0.1) is 0 Å². The van der Waals surface area contributed by atoms with Crippen molar-refractivity contribution in [1.29, 1.82) is 0 Å². The molecule has 0 fully saturated rings. The molecule has 0 aliphatic carbocycles. The highest BCUT2D eigenvalue weighted by molar-refractivity contribution is 6.30. The standard InChI is InChI=1S/C18H19ClN4O3/c1-22(11-13-7-14(19)3-4-16(13)26-2)18(25)15-9-21-23-10-12(5-6-24)8-20-17(15)23/h3-4,7-10,24H,5-6,11H2,1-2H3. The number of hydrogen-bond acceptors (Lipinski definition) is 5. The number of benzene rings is 1. The van der Waals surface area contributed by atoms with Crippen LogP contribution in [0.5, 0.6) is 5.75 Å². The van der Waals surface area contributed by atoms with Gasteiger partial charge in [-0.2, -0.15) is 5.10 Å². The molecule has 1 N–H and O–H groups in total. The average Bonchev–Trinajstić information content (AvgIpc) is 3.04. The summed E-state index contributed by atoms with van der Waals surface area (Å²) in [7, 11) is 3.28. The molecule has 3 rings (SSSR count). The smallest absolute Gasteiger partial charge is 0.259 e. The number of aliphatic hydroxyl groups excluding tert-OH is 1. The van der Waals surface area contributed by atoms with E-state index in [2.05, 4.69) is 10.1 Å². The van der Waals surface area contributed by atoms with Crippen LogP contribution in [-0.4, -0.2) is 51.3 Å². The van der Waals surface area contributed by atoms with Crippen LogP contribution >= 0.6 is 11.6 Å². The van der Waals surface area contributed by atoms with Crippen LogP contribution in [0.3, 0.4) is 0 Å². The summed E-state index contributed by atoms with van der Waals surface area (Å²) in [6, 6.07) is 5.29. The first kappa shape index (κ1) is 18.2. The molecule has 136 valence electrons. The van der Waals surface area contributed by atoms with Crippen molar-refractivity contribution in [3.8, 4) is 5.75 Å². The van der Waals surface area contributed by atoms with Crippen molar-refractivity contribution in [1.82, 2.24) is 19.5 Å². The van der Waals surface area contributed by atoms with Crippen molar-refractivity contribution in [2.75, 3.05) is 20.8 Å². The molecule has 0 aliphatic rings. The topological polar surface area (TPSA) is 80.0 Å². The molecule has 0 spiro atoms. The molecule has 0 radical (unpaired) electrons. The number of aromatic nitrogens is 3. The summed E-state index contributed by atoms with van der Waals surface area (Å²) >= 11 is 6.05. The lowest BCUT2D eigenvalue weighted by Crippen LogP contribution is -2.26. The largest absolute Gasteiger partial charge is 0.496 e. The number of carbonyl (C=O) groups excluding carboxylic acids is 1. The van der Waals surface area contributed by atoms with Crippen molar-refractivity contribution < 1.29 is 14.6 Å². The molecule has 3 aromatic rings. The van der Waals surface area contributed by atoms with Crippen LogP contribution in [0.25, 0.3) is 5.65 Å². The highest BCUT2D eigenvalue weighted by Crippen LogP contribution is 2.24. The molecule has 0 unspecified atom stereocenters. The van der Waals surface area contributed by atoms with E-state index >= 15 is 0 Å². The van der Waals surface area contributed by atoms with Crippen molar-refractivity contribution >= 4 is 23.2 Å². The van der Waals surface area contributed by atoms with Crippen LogP contribution in [0.15, 0.2) is 36.8 Å². The minimum atomic E-state index is -0.204. The Bertz CT molecular complexity index is 941. The first-order valence-corrected chi connectivity index (χ1v) is 8.42. The number of fused-ring (bicyclic) bond motifs is 1. The van der Waals surface area contributed by atoms with E-state index in [1.807, 2.05) is 0 Å². The van der Waals surface area contributed by atoms with Gasteiger partial charge in [-0.3, -0.25) is 4.79 Å². The van der Waals surface area contributed by atoms with Gasteiger partial charge in [0.15, 0.2) is 5.65 Å². The number of amides is 1. The summed E-state index contributed by atoms with van der Waals surface area (Å²) < 4.78 is 6.88. The molecule has 0 saturated carbocycles. The minimum Gasteiger partial charge on any atom is -0.496 e. The molecular formula is C18H19ClN4O3. The maximum absolute atomic E-state index is 12.8. The highest BCUT2D eigenvalue weighted by atomic mass is 35.5. The highest BCUT2D eigenvalue weighted by Gasteiger charge is 2.19. The maximum atomic E-state index is 12.8. The monoisotopic (exact) mass is 374 g/mol. The molecule has 0 atom stereocenters. The minimum absolute atomic E-state index is 0.0322. The zero-order chi connectivity index (χ0) is 18.7. The Hall–Kier alpha value is -2.64. The van der Waals surface area contributed by atoms with Gasteiger partial charge in [0.25, 0.3) is 5.91 Å². The van der Waals surface area contributed by atoms with E-state index in [0.29, 0.717) is 34.9 Å². The summed E-state index contributed by atoms with van der Waals surface area (Å²) in [5.74, 6) is 0.463. The normalized spacial score (nSPS) is 10.9. The molecular weight excluding hydrogens is 356 g/mol. The SMILES string of the molecule is COc1ccc(Cl)cc1CN(C)C(=O)c1cnn2cc(CCO)cnc12. The summed E-state index contributed by atoms with van der Waals surface area (Å²) in [5.41, 5.74) is 2.54. The predicted molar refractivity (Wildman–Crippen MR) is 97.6 cm³/mol. The van der Waals surface area contributed by atoms with E-state index < -0.39 is 0 Å². The second-order valence-corrected chi connectivity index (χ2v) is 6.32. The quantitative estimate of drug-likeness (QED) is 0.715. The predicted octanol–water partition coefficient (Wildman–Crippen LogP) is 2.20. The Morgan fingerprint density at radius 2 is 2.19 bits per heavy atom. The molecule has 8 heteroatoms. The second kappa shape index (κ2) is 7.72. The van der Waals surface area contributed by atoms with Gasteiger partial charge >= 0.3 is 0 Å². The van der Waals surface area contributed by atoms with E-state index in [9.17, 15) is 4.79 Å². The molecule has 7 nitrogen and oxygen atoms in total. The Morgan fingerprint density at radius 1 is 1.38 bits per heavy atom. The van der Waals surface area contributed by atoms with E-state index in [-0.39, 0.29) is 12.5 Å². The zero-order valence-electron chi connectivity index (χ0n) is 14.5. The van der Waals surface area contributed by atoms with E-state index in [1.165, 1.54) is 6.20 Å². The lowest BCUT2D eigenvalue weighted by molar-refractivity contribution is 0.0786. The molecule has 0 aliphatic heterocycles. The van der Waals surface area contributed by atoms with Gasteiger partial charge in [0, 0.05) is 43.2 Å². The molecule has 2 aromatic heterocycles. The Morgan fingerprint density at radius 3 is 2.92 bits per heavy atom. The summed E-state index contributed by atoms with van der Waals surface area (Å²) in [4.78, 5) is 18.7. The number of hydrogen-bond donors (Lipinski definition) is 1. The van der Waals surface area contributed by atoms with E-state index in [4.69, 9.17) is 21.4 Å². The number of ether oxygens (including phenoxy) is 1. The molecule has 2 heterocycles. The van der Waals surface area contributed by atoms with Crippen LogP contribution in [0.4, 0.5) is 0 Å². The zero-order valence-corrected chi connectivity index (χ0v) is 15.3. The average molecular weight is 375 g/mol. The van der Waals surface area contributed by atoms with Gasteiger partial charge in [-0.1, -0.05) is 11.6 Å².